The molecular formula is C19H39IN4O2. The number of unbranched alkanes of at least 4 members (excludes halogenated alkanes) is 3. The van der Waals surface area contributed by atoms with Crippen molar-refractivity contribution in [3.05, 3.63) is 0 Å². The number of hydrogen-bond acceptors (Lipinski definition) is 4. The monoisotopic (exact) mass is 482 g/mol. The van der Waals surface area contributed by atoms with E-state index in [1.54, 1.807) is 0 Å². The van der Waals surface area contributed by atoms with E-state index in [-0.39, 0.29) is 29.9 Å². The molecule has 1 fully saturated rings. The van der Waals surface area contributed by atoms with Crippen molar-refractivity contribution in [2.45, 2.75) is 71.8 Å². The van der Waals surface area contributed by atoms with E-state index in [9.17, 15) is 4.79 Å². The molecule has 1 saturated heterocycles. The van der Waals surface area contributed by atoms with E-state index >= 15 is 0 Å². The number of carbonyl (C=O) groups excluding carboxylic acids is 1. The normalized spacial score (nSPS) is 17.7. The van der Waals surface area contributed by atoms with Crippen molar-refractivity contribution in [3.8, 4) is 0 Å². The summed E-state index contributed by atoms with van der Waals surface area (Å²) < 4.78 is 4.93. The second-order valence-electron chi connectivity index (χ2n) is 6.54. The van der Waals surface area contributed by atoms with Crippen LogP contribution in [0.2, 0.25) is 0 Å². The van der Waals surface area contributed by atoms with Crippen molar-refractivity contribution in [2.75, 3.05) is 39.3 Å². The number of aliphatic imine (C=N–C) groups is 1. The number of halogens is 1. The van der Waals surface area contributed by atoms with Gasteiger partial charge in [0.15, 0.2) is 5.96 Å². The molecule has 1 rings (SSSR count). The molecule has 1 unspecified atom stereocenters. The third-order valence-corrected chi connectivity index (χ3v) is 4.62. The summed E-state index contributed by atoms with van der Waals surface area (Å²) in [7, 11) is 0. The van der Waals surface area contributed by atoms with Crippen molar-refractivity contribution >= 4 is 35.9 Å². The van der Waals surface area contributed by atoms with E-state index in [0.717, 1.165) is 57.8 Å². The van der Waals surface area contributed by atoms with Gasteiger partial charge in [0.2, 0.25) is 0 Å². The molecule has 0 aliphatic carbocycles. The first-order valence-electron chi connectivity index (χ1n) is 10.1. The number of ether oxygens (including phenoxy) is 1. The van der Waals surface area contributed by atoms with Crippen LogP contribution in [0.15, 0.2) is 4.99 Å². The molecule has 0 aromatic carbocycles. The lowest BCUT2D eigenvalue weighted by Crippen LogP contribution is -2.39. The Morgan fingerprint density at radius 2 is 1.92 bits per heavy atom. The zero-order valence-electron chi connectivity index (χ0n) is 16.9. The maximum absolute atomic E-state index is 11.3. The first kappa shape index (κ1) is 25.4. The predicted molar refractivity (Wildman–Crippen MR) is 119 cm³/mol. The van der Waals surface area contributed by atoms with Crippen LogP contribution < -0.4 is 10.6 Å². The molecule has 7 heteroatoms. The molecule has 0 saturated carbocycles. The molecule has 0 bridgehead atoms. The number of nitrogens with zero attached hydrogens (tertiary/aromatic N) is 2. The minimum absolute atomic E-state index is 0. The third kappa shape index (κ3) is 11.2. The topological polar surface area (TPSA) is 66.0 Å². The summed E-state index contributed by atoms with van der Waals surface area (Å²) in [5.41, 5.74) is 0. The van der Waals surface area contributed by atoms with Crippen LogP contribution in [0.1, 0.15) is 65.7 Å². The average Bonchev–Trinajstić information content (AvgIpc) is 3.06. The highest BCUT2D eigenvalue weighted by molar-refractivity contribution is 14.0. The zero-order chi connectivity index (χ0) is 18.3. The highest BCUT2D eigenvalue weighted by Gasteiger charge is 2.22. The van der Waals surface area contributed by atoms with Crippen LogP contribution in [0, 0.1) is 0 Å². The summed E-state index contributed by atoms with van der Waals surface area (Å²) in [4.78, 5) is 18.5. The molecule has 0 aromatic rings. The summed E-state index contributed by atoms with van der Waals surface area (Å²) in [5.74, 6) is 0.854. The molecule has 2 N–H and O–H groups in total. The smallest absolute Gasteiger partial charge is 0.305 e. The van der Waals surface area contributed by atoms with Crippen molar-refractivity contribution in [1.29, 1.82) is 0 Å². The Morgan fingerprint density at radius 1 is 1.15 bits per heavy atom. The van der Waals surface area contributed by atoms with E-state index in [0.29, 0.717) is 19.1 Å². The fraction of sp³-hybridized carbons (Fsp3) is 0.895. The molecular weight excluding hydrogens is 443 g/mol. The quantitative estimate of drug-likeness (QED) is 0.147. The van der Waals surface area contributed by atoms with Crippen molar-refractivity contribution < 1.29 is 9.53 Å². The Bertz CT molecular complexity index is 394. The van der Waals surface area contributed by atoms with E-state index < -0.39 is 0 Å². The van der Waals surface area contributed by atoms with E-state index in [1.165, 1.54) is 19.4 Å². The molecule has 0 amide bonds. The number of likely N-dealkylation sites (tertiary alicyclic amines) is 1. The third-order valence-electron chi connectivity index (χ3n) is 4.62. The van der Waals surface area contributed by atoms with Gasteiger partial charge in [-0.3, -0.25) is 14.7 Å². The zero-order valence-corrected chi connectivity index (χ0v) is 19.2. The number of guanidine groups is 1. The average molecular weight is 482 g/mol. The fourth-order valence-corrected chi connectivity index (χ4v) is 3.24. The van der Waals surface area contributed by atoms with E-state index in [2.05, 4.69) is 29.4 Å². The second-order valence-corrected chi connectivity index (χ2v) is 6.54. The van der Waals surface area contributed by atoms with Gasteiger partial charge in [-0.1, -0.05) is 19.8 Å². The Balaban J connectivity index is 0.00000625. The molecule has 0 spiro atoms. The summed E-state index contributed by atoms with van der Waals surface area (Å²) >= 11 is 0. The Kier molecular flexibility index (Phi) is 16.2. The highest BCUT2D eigenvalue weighted by atomic mass is 127. The van der Waals surface area contributed by atoms with Crippen LogP contribution in [-0.2, 0) is 9.53 Å². The Morgan fingerprint density at radius 3 is 2.62 bits per heavy atom. The molecule has 0 radical (unpaired) electrons. The van der Waals surface area contributed by atoms with Crippen molar-refractivity contribution in [2.24, 2.45) is 4.99 Å². The molecule has 1 atom stereocenters. The van der Waals surface area contributed by atoms with Gasteiger partial charge in [-0.25, -0.2) is 0 Å². The Hall–Kier alpha value is -0.570. The number of likely N-dealkylation sites (N-methyl/N-ethyl adjacent to an activating group) is 1. The van der Waals surface area contributed by atoms with Gasteiger partial charge in [-0.05, 0) is 52.6 Å². The lowest BCUT2D eigenvalue weighted by Gasteiger charge is -2.21. The van der Waals surface area contributed by atoms with Gasteiger partial charge in [0, 0.05) is 25.6 Å². The molecule has 1 aliphatic rings. The van der Waals surface area contributed by atoms with Gasteiger partial charge < -0.3 is 15.4 Å². The number of rotatable bonds is 12. The molecule has 154 valence electrons. The lowest BCUT2D eigenvalue weighted by molar-refractivity contribution is -0.143. The largest absolute Gasteiger partial charge is 0.466 e. The van der Waals surface area contributed by atoms with Crippen LogP contribution in [0.25, 0.3) is 0 Å². The lowest BCUT2D eigenvalue weighted by atomic mass is 10.1. The first-order valence-corrected chi connectivity index (χ1v) is 10.1. The van der Waals surface area contributed by atoms with Gasteiger partial charge in [0.1, 0.15) is 0 Å². The number of esters is 1. The number of carbonyl (C=O) groups is 1. The number of hydrogen-bond donors (Lipinski definition) is 2. The van der Waals surface area contributed by atoms with Gasteiger partial charge in [-0.15, -0.1) is 24.0 Å². The van der Waals surface area contributed by atoms with E-state index in [1.807, 2.05) is 6.92 Å². The SMILES string of the molecule is CCNC(=NCC1CCCN1CC)NCCCCCCC(=O)OCC.I. The van der Waals surface area contributed by atoms with Gasteiger partial charge >= 0.3 is 5.97 Å². The maximum Gasteiger partial charge on any atom is 0.305 e. The standard InChI is InChI=1S/C19H38N4O2.HI/c1-4-20-19(22-16-17-12-11-15-23(17)5-2)21-14-10-8-7-9-13-18(24)25-6-3;/h17H,4-16H2,1-3H3,(H2,20,21,22);1H. The van der Waals surface area contributed by atoms with Crippen LogP contribution in [0.4, 0.5) is 0 Å². The highest BCUT2D eigenvalue weighted by Crippen LogP contribution is 2.16. The van der Waals surface area contributed by atoms with Crippen LogP contribution in [0.5, 0.6) is 0 Å². The Labute approximate surface area is 176 Å². The molecule has 1 heterocycles. The van der Waals surface area contributed by atoms with Gasteiger partial charge in [0.25, 0.3) is 0 Å². The summed E-state index contributed by atoms with van der Waals surface area (Å²) in [6.07, 6.45) is 7.31. The summed E-state index contributed by atoms with van der Waals surface area (Å²) in [6.45, 7) is 11.7. The van der Waals surface area contributed by atoms with Crippen molar-refractivity contribution in [3.63, 3.8) is 0 Å². The fourth-order valence-electron chi connectivity index (χ4n) is 3.24. The van der Waals surface area contributed by atoms with E-state index in [4.69, 9.17) is 9.73 Å². The molecule has 1 aliphatic heterocycles. The first-order chi connectivity index (χ1) is 12.2. The van der Waals surface area contributed by atoms with Crippen LogP contribution in [0.3, 0.4) is 0 Å². The van der Waals surface area contributed by atoms with Crippen LogP contribution >= 0.6 is 24.0 Å². The molecule has 6 nitrogen and oxygen atoms in total. The van der Waals surface area contributed by atoms with Gasteiger partial charge in [0.05, 0.1) is 13.2 Å². The molecule has 0 aromatic heterocycles. The van der Waals surface area contributed by atoms with Crippen LogP contribution in [-0.4, -0.2) is 62.2 Å². The van der Waals surface area contributed by atoms with Gasteiger partial charge in [-0.2, -0.15) is 0 Å². The minimum atomic E-state index is -0.0739. The second kappa shape index (κ2) is 16.6. The predicted octanol–water partition coefficient (Wildman–Crippen LogP) is 3.16. The van der Waals surface area contributed by atoms with Crippen molar-refractivity contribution in [1.82, 2.24) is 15.5 Å². The summed E-state index contributed by atoms with van der Waals surface area (Å²) in [6, 6.07) is 0.600. The maximum atomic E-state index is 11.3. The summed E-state index contributed by atoms with van der Waals surface area (Å²) in [5, 5.41) is 6.76. The number of nitrogens with one attached hydrogen (secondary N) is 2. The molecule has 26 heavy (non-hydrogen) atoms. The minimum Gasteiger partial charge on any atom is -0.466 e.